The van der Waals surface area contributed by atoms with Crippen LogP contribution in [0.1, 0.15) is 57.8 Å². The van der Waals surface area contributed by atoms with Gasteiger partial charge in [0, 0.05) is 18.1 Å². The Hall–Kier alpha value is -0.0800. The van der Waals surface area contributed by atoms with E-state index in [1.165, 1.54) is 57.8 Å². The minimum atomic E-state index is 0.776. The summed E-state index contributed by atoms with van der Waals surface area (Å²) < 4.78 is 0. The Labute approximate surface area is 101 Å². The third-order valence-electron chi connectivity index (χ3n) is 4.79. The number of hydrogen-bond acceptors (Lipinski definition) is 2. The van der Waals surface area contributed by atoms with Gasteiger partial charge in [-0.15, -0.1) is 0 Å². The normalized spacial score (nSPS) is 33.2. The van der Waals surface area contributed by atoms with E-state index in [0.717, 1.165) is 18.1 Å². The van der Waals surface area contributed by atoms with Crippen LogP contribution in [0, 0.1) is 0 Å². The molecule has 0 aromatic rings. The number of rotatable bonds is 3. The smallest absolute Gasteiger partial charge is 0.0110 e. The van der Waals surface area contributed by atoms with Crippen LogP contribution in [0.4, 0.5) is 0 Å². The van der Waals surface area contributed by atoms with Crippen LogP contribution >= 0.6 is 0 Å². The van der Waals surface area contributed by atoms with Gasteiger partial charge >= 0.3 is 0 Å². The van der Waals surface area contributed by atoms with E-state index in [9.17, 15) is 0 Å². The van der Waals surface area contributed by atoms with E-state index < -0.39 is 0 Å². The van der Waals surface area contributed by atoms with Crippen molar-refractivity contribution in [3.8, 4) is 0 Å². The number of nitrogens with one attached hydrogen (secondary N) is 1. The fraction of sp³-hybridized carbons (Fsp3) is 1.00. The zero-order chi connectivity index (χ0) is 11.4. The summed E-state index contributed by atoms with van der Waals surface area (Å²) in [6.45, 7) is 0. The van der Waals surface area contributed by atoms with Crippen LogP contribution in [0.25, 0.3) is 0 Å². The van der Waals surface area contributed by atoms with Gasteiger partial charge in [0.25, 0.3) is 0 Å². The molecule has 0 amide bonds. The van der Waals surface area contributed by atoms with Crippen LogP contribution in [-0.2, 0) is 0 Å². The highest BCUT2D eigenvalue weighted by Gasteiger charge is 2.30. The highest BCUT2D eigenvalue weighted by Crippen LogP contribution is 2.29. The standard InChI is InChI=1S/C14H28N2/c1-15-12-9-10-14(11-12)16(2)13-7-5-3-4-6-8-13/h12-15H,3-11H2,1-2H3. The molecule has 0 aromatic carbocycles. The zero-order valence-corrected chi connectivity index (χ0v) is 11.0. The van der Waals surface area contributed by atoms with Crippen molar-refractivity contribution in [2.45, 2.75) is 75.9 Å². The average molecular weight is 224 g/mol. The molecule has 1 N–H and O–H groups in total. The Balaban J connectivity index is 1.83. The van der Waals surface area contributed by atoms with Crippen LogP contribution in [0.2, 0.25) is 0 Å². The van der Waals surface area contributed by atoms with Crippen molar-refractivity contribution in [2.75, 3.05) is 14.1 Å². The van der Waals surface area contributed by atoms with Crippen LogP contribution in [0.5, 0.6) is 0 Å². The SMILES string of the molecule is CNC1CCC(N(C)C2CCCCCC2)C1. The molecule has 2 atom stereocenters. The summed E-state index contributed by atoms with van der Waals surface area (Å²) in [5, 5.41) is 3.44. The molecule has 0 bridgehead atoms. The molecule has 2 aliphatic carbocycles. The van der Waals surface area contributed by atoms with Crippen molar-refractivity contribution in [3.63, 3.8) is 0 Å². The predicted molar refractivity (Wildman–Crippen MR) is 69.7 cm³/mol. The van der Waals surface area contributed by atoms with E-state index >= 15 is 0 Å². The van der Waals surface area contributed by atoms with Crippen molar-refractivity contribution < 1.29 is 0 Å². The molecule has 2 unspecified atom stereocenters. The summed E-state index contributed by atoms with van der Waals surface area (Å²) in [5.74, 6) is 0. The molecule has 0 heterocycles. The maximum Gasteiger partial charge on any atom is 0.0110 e. The summed E-state index contributed by atoms with van der Waals surface area (Å²) >= 11 is 0. The largest absolute Gasteiger partial charge is 0.317 e. The Morgan fingerprint density at radius 1 is 0.875 bits per heavy atom. The summed E-state index contributed by atoms with van der Waals surface area (Å²) in [5.41, 5.74) is 0. The highest BCUT2D eigenvalue weighted by atomic mass is 15.2. The van der Waals surface area contributed by atoms with Gasteiger partial charge in [0.1, 0.15) is 0 Å². The molecule has 2 rings (SSSR count). The van der Waals surface area contributed by atoms with Gasteiger partial charge < -0.3 is 10.2 Å². The molecule has 2 saturated carbocycles. The molecular weight excluding hydrogens is 196 g/mol. The van der Waals surface area contributed by atoms with E-state index in [4.69, 9.17) is 0 Å². The second kappa shape index (κ2) is 6.02. The number of nitrogens with zero attached hydrogens (tertiary/aromatic N) is 1. The quantitative estimate of drug-likeness (QED) is 0.742. The van der Waals surface area contributed by atoms with Crippen molar-refractivity contribution in [1.82, 2.24) is 10.2 Å². The lowest BCUT2D eigenvalue weighted by Gasteiger charge is -2.32. The molecule has 94 valence electrons. The zero-order valence-electron chi connectivity index (χ0n) is 11.0. The monoisotopic (exact) mass is 224 g/mol. The molecule has 0 aliphatic heterocycles. The average Bonchev–Trinajstić information content (AvgIpc) is 2.62. The highest BCUT2D eigenvalue weighted by molar-refractivity contribution is 4.88. The lowest BCUT2D eigenvalue weighted by molar-refractivity contribution is 0.158. The van der Waals surface area contributed by atoms with Gasteiger partial charge in [-0.25, -0.2) is 0 Å². The molecule has 2 aliphatic rings. The first kappa shape index (κ1) is 12.4. The van der Waals surface area contributed by atoms with E-state index in [0.29, 0.717) is 0 Å². The van der Waals surface area contributed by atoms with E-state index in [1.807, 2.05) is 0 Å². The maximum atomic E-state index is 3.44. The second-order valence-corrected chi connectivity index (χ2v) is 5.76. The fourth-order valence-corrected chi connectivity index (χ4v) is 3.55. The Kier molecular flexibility index (Phi) is 4.66. The van der Waals surface area contributed by atoms with Gasteiger partial charge in [0.15, 0.2) is 0 Å². The fourth-order valence-electron chi connectivity index (χ4n) is 3.55. The third kappa shape index (κ3) is 2.98. The van der Waals surface area contributed by atoms with Gasteiger partial charge in [0.2, 0.25) is 0 Å². The van der Waals surface area contributed by atoms with Gasteiger partial charge in [-0.2, -0.15) is 0 Å². The van der Waals surface area contributed by atoms with Crippen molar-refractivity contribution >= 4 is 0 Å². The van der Waals surface area contributed by atoms with E-state index in [1.54, 1.807) is 0 Å². The molecule has 2 heteroatoms. The lowest BCUT2D eigenvalue weighted by atomic mass is 10.0. The third-order valence-corrected chi connectivity index (χ3v) is 4.79. The lowest BCUT2D eigenvalue weighted by Crippen LogP contribution is -2.39. The first-order valence-electron chi connectivity index (χ1n) is 7.20. The van der Waals surface area contributed by atoms with Crippen molar-refractivity contribution in [3.05, 3.63) is 0 Å². The van der Waals surface area contributed by atoms with Crippen molar-refractivity contribution in [1.29, 1.82) is 0 Å². The molecule has 2 nitrogen and oxygen atoms in total. The maximum absolute atomic E-state index is 3.44. The summed E-state index contributed by atoms with van der Waals surface area (Å²) in [6.07, 6.45) is 12.9. The van der Waals surface area contributed by atoms with Crippen LogP contribution < -0.4 is 5.32 Å². The molecule has 2 fully saturated rings. The molecule has 0 radical (unpaired) electrons. The molecule has 0 spiro atoms. The van der Waals surface area contributed by atoms with E-state index in [2.05, 4.69) is 24.3 Å². The molecule has 16 heavy (non-hydrogen) atoms. The summed E-state index contributed by atoms with van der Waals surface area (Å²) in [6, 6.07) is 2.50. The van der Waals surface area contributed by atoms with Gasteiger partial charge in [-0.3, -0.25) is 0 Å². The topological polar surface area (TPSA) is 15.3 Å². The van der Waals surface area contributed by atoms with Crippen molar-refractivity contribution in [2.24, 2.45) is 0 Å². The molecule has 0 aromatic heterocycles. The number of hydrogen-bond donors (Lipinski definition) is 1. The van der Waals surface area contributed by atoms with Crippen LogP contribution in [0.3, 0.4) is 0 Å². The Bertz CT molecular complexity index is 197. The summed E-state index contributed by atoms with van der Waals surface area (Å²) in [7, 11) is 4.48. The van der Waals surface area contributed by atoms with Gasteiger partial charge in [0.05, 0.1) is 0 Å². The first-order valence-corrected chi connectivity index (χ1v) is 7.20. The Morgan fingerprint density at radius 3 is 2.12 bits per heavy atom. The minimum absolute atomic E-state index is 0.776. The van der Waals surface area contributed by atoms with Crippen LogP contribution in [0.15, 0.2) is 0 Å². The van der Waals surface area contributed by atoms with Crippen LogP contribution in [-0.4, -0.2) is 37.1 Å². The minimum Gasteiger partial charge on any atom is -0.317 e. The second-order valence-electron chi connectivity index (χ2n) is 5.76. The predicted octanol–water partition coefficient (Wildman–Crippen LogP) is 2.78. The molecular formula is C14H28N2. The van der Waals surface area contributed by atoms with Gasteiger partial charge in [-0.1, -0.05) is 25.7 Å². The van der Waals surface area contributed by atoms with E-state index in [-0.39, 0.29) is 0 Å². The van der Waals surface area contributed by atoms with Gasteiger partial charge in [-0.05, 0) is 46.2 Å². The summed E-state index contributed by atoms with van der Waals surface area (Å²) in [4.78, 5) is 2.71. The Morgan fingerprint density at radius 2 is 1.56 bits per heavy atom. The first-order chi connectivity index (χ1) is 7.81. The molecule has 0 saturated heterocycles.